The third-order valence-corrected chi connectivity index (χ3v) is 25.5. The fraction of sp³-hybridized carbons (Fsp3) is 0.960. The Hall–Kier alpha value is 1.18. The van der Waals surface area contributed by atoms with Crippen molar-refractivity contribution >= 4 is 151 Å². The summed E-state index contributed by atoms with van der Waals surface area (Å²) >= 11 is 3.43. The largest absolute Gasteiger partial charge is 0.464 e. The molecule has 2 aliphatic heterocycles. The molecule has 0 aromatic rings. The van der Waals surface area contributed by atoms with E-state index in [4.69, 9.17) is 88.5 Å². The van der Waals surface area contributed by atoms with Gasteiger partial charge in [0, 0.05) is 46.6 Å². The number of carbonyl (C=O) groups excluding carboxylic acids is 4. The van der Waals surface area contributed by atoms with Gasteiger partial charge >= 0.3 is 71.5 Å². The number of likely N-dealkylation sites (tertiary alicyclic amines) is 2. The van der Waals surface area contributed by atoms with Crippen molar-refractivity contribution in [2.75, 3.05) is 128 Å². The molecular formula is C101H244N5O29P7S7. The normalized spacial score (nSPS) is 12.7. The van der Waals surface area contributed by atoms with Crippen LogP contribution in [-0.4, -0.2) is 246 Å². The van der Waals surface area contributed by atoms with Gasteiger partial charge in [0.05, 0.1) is 22.1 Å². The van der Waals surface area contributed by atoms with E-state index in [2.05, 4.69) is 305 Å². The molecule has 0 unspecified atom stereocenters. The van der Waals surface area contributed by atoms with E-state index in [-0.39, 0.29) is 54.0 Å². The third kappa shape index (κ3) is 329. The average molecular weight is 2430 g/mol. The van der Waals surface area contributed by atoms with E-state index < -0.39 is 87.2 Å². The molecule has 34 nitrogen and oxygen atoms in total. The lowest BCUT2D eigenvalue weighted by atomic mass is 9.89. The molecule has 2 aliphatic rings. The van der Waals surface area contributed by atoms with Crippen molar-refractivity contribution in [2.45, 2.75) is 410 Å². The highest BCUT2D eigenvalue weighted by Crippen LogP contribution is 2.53. The van der Waals surface area contributed by atoms with Crippen molar-refractivity contribution in [3.63, 3.8) is 0 Å². The first-order valence-electron chi connectivity index (χ1n) is 51.8. The lowest BCUT2D eigenvalue weighted by Gasteiger charge is -2.30. The molecule has 0 aromatic heterocycles. The first-order valence-corrected chi connectivity index (χ1v) is 74.5. The molecule has 924 valence electrons. The standard InChI is InChI=1S/C13H26NO5PS.C12H24NO5PS.C7H15O5PS.C5H12NO5PS.C4H12NO3PS.14C4H10.C3H10NO3PS.CH5O3PS/c1-13(2,6-9-14-7-4-3-5-8-14)12(15)19-10-11-21-20(16,17)18;1-12(2,6-9-13-7-4-3-5-8-13)11(14)18-10-20-19(15,16)17;1-7(2,3)6(8)12-4-5-14-13(9,10)11;1-5(2,6)4(7)11-3-13-12(8,9)10;1-5(2)3-4-10-9(6,7)8;14*1-4(2)3;1-4(2)3-9-8(5,6)7;1-6-5(2,3)4/h3-11H2,1-2H3,(H2,16,17,18);3-10H2,1-2H3,(H2,15,16,17);4-5H2,1-3H3,(H2,9,10,11);3,6H2,1-2H3,(H2,8,9,10);3-4H2,1-2H3,(H2,6,7,8);14*4H,1-3H3;3H2,1-2H3,(H2,5,6,7);1H3,(H2,2,3,4). The summed E-state index contributed by atoms with van der Waals surface area (Å²) in [6.07, 6.45) is 10.2. The molecule has 0 bridgehead atoms. The number of piperidine rings is 2. The summed E-state index contributed by atoms with van der Waals surface area (Å²) in [4.78, 5) is 172. The first-order chi connectivity index (χ1) is 65.8. The van der Waals surface area contributed by atoms with Gasteiger partial charge in [0.2, 0.25) is 0 Å². The van der Waals surface area contributed by atoms with Crippen molar-refractivity contribution in [2.24, 2.45) is 105 Å². The van der Waals surface area contributed by atoms with Crippen LogP contribution < -0.4 is 5.73 Å². The van der Waals surface area contributed by atoms with Crippen LogP contribution in [0.25, 0.3) is 0 Å². The Morgan fingerprint density at radius 2 is 0.463 bits per heavy atom. The van der Waals surface area contributed by atoms with E-state index >= 15 is 0 Å². The number of nitrogens with zero attached hydrogens (tertiary/aromatic N) is 4. The predicted molar refractivity (Wildman–Crippen MR) is 661 cm³/mol. The fourth-order valence-electron chi connectivity index (χ4n) is 5.65. The van der Waals surface area contributed by atoms with Gasteiger partial charge in [-0.1, -0.05) is 304 Å². The van der Waals surface area contributed by atoms with Crippen LogP contribution in [0.4, 0.5) is 0 Å². The number of rotatable bonds is 31. The zero-order chi connectivity index (χ0) is 124. The minimum atomic E-state index is -4.18. The van der Waals surface area contributed by atoms with Crippen LogP contribution in [0.5, 0.6) is 0 Å². The third-order valence-electron chi connectivity index (χ3n) is 10.7. The first kappa shape index (κ1) is 194. The summed E-state index contributed by atoms with van der Waals surface area (Å²) in [5.74, 6) is 10.2. The maximum Gasteiger partial charge on any atom is 0.387 e. The maximum atomic E-state index is 12.0. The molecule has 2 saturated heterocycles. The molecule has 2 heterocycles. The Labute approximate surface area is 945 Å². The number of carbonyl (C=O) groups is 4. The lowest BCUT2D eigenvalue weighted by Crippen LogP contribution is -2.42. The van der Waals surface area contributed by atoms with Crippen molar-refractivity contribution in [3.8, 4) is 0 Å². The van der Waals surface area contributed by atoms with E-state index in [1.165, 1.54) is 58.6 Å². The SMILES string of the molecule is CC(C)(C)C(=O)OCCSP(=O)(O)O.CC(C)(CCN1CCCCC1)C(=O)OCCSP(=O)(O)O.CC(C)(CCN1CCCCC1)C(=O)OCSP(=O)(O)O.CC(C)(N)C(=O)OCSP(=O)(O)O.CC(C)C.CC(C)C.CC(C)C.CC(C)C.CC(C)C.CC(C)C.CC(C)C.CC(C)C.CC(C)C.CC(C)C.CC(C)C.CC(C)C.CC(C)C.CC(C)C.CN(C)CCSP(=O)(O)O.CN(C)CSP(=O)(O)O.CSP(=O)(O)O. The monoisotopic (exact) mass is 2430 g/mol. The molecule has 2 fully saturated rings. The molecule has 0 atom stereocenters. The van der Waals surface area contributed by atoms with Gasteiger partial charge in [-0.2, -0.15) is 0 Å². The molecule has 0 radical (unpaired) electrons. The zero-order valence-corrected chi connectivity index (χ0v) is 117. The molecule has 0 spiro atoms. The molecular weight excluding hydrogens is 2190 g/mol. The van der Waals surface area contributed by atoms with Gasteiger partial charge in [-0.15, -0.1) is 0 Å². The second-order valence-electron chi connectivity index (χ2n) is 47.2. The van der Waals surface area contributed by atoms with E-state index in [0.29, 0.717) is 92.9 Å². The van der Waals surface area contributed by atoms with Gasteiger partial charge in [0.15, 0.2) is 0 Å². The number of esters is 4. The number of ether oxygens (including phenoxy) is 4. The Morgan fingerprint density at radius 3 is 0.624 bits per heavy atom. The van der Waals surface area contributed by atoms with Gasteiger partial charge in [0.1, 0.15) is 30.6 Å². The zero-order valence-electron chi connectivity index (χ0n) is 105. The molecule has 0 aromatic carbocycles. The van der Waals surface area contributed by atoms with Gasteiger partial charge in [-0.25, -0.2) is 32.0 Å². The number of nitrogens with two attached hydrogens (primary N) is 1. The Morgan fingerprint density at radius 1 is 0.282 bits per heavy atom. The lowest BCUT2D eigenvalue weighted by molar-refractivity contribution is -0.154. The Bertz CT molecular complexity index is 3010. The predicted octanol–water partition coefficient (Wildman–Crippen LogP) is 30.3. The smallest absolute Gasteiger partial charge is 0.387 e. The minimum absolute atomic E-state index is 0.0197. The second-order valence-corrected chi connectivity index (χ2v) is 73.6. The topological polar surface area (TPSA) is 547 Å². The Kier molecular flexibility index (Phi) is 153. The molecule has 2 rings (SSSR count). The minimum Gasteiger partial charge on any atom is -0.464 e. The molecule has 48 heteroatoms. The summed E-state index contributed by atoms with van der Waals surface area (Å²) in [6, 6.07) is 0. The molecule has 16 N–H and O–H groups in total. The van der Waals surface area contributed by atoms with Crippen LogP contribution in [0.1, 0.15) is 404 Å². The van der Waals surface area contributed by atoms with Crippen molar-refractivity contribution in [3.05, 3.63) is 0 Å². The van der Waals surface area contributed by atoms with Gasteiger partial charge in [-0.3, -0.25) is 24.1 Å². The van der Waals surface area contributed by atoms with Crippen LogP contribution in [0.2, 0.25) is 0 Å². The van der Waals surface area contributed by atoms with E-state index in [0.717, 1.165) is 129 Å². The molecule has 0 aliphatic carbocycles. The average Bonchev–Trinajstić information content (AvgIpc) is 0.875. The number of hydrogen-bond acceptors (Lipinski definition) is 27. The summed E-state index contributed by atoms with van der Waals surface area (Å²) in [5.41, 5.74) is 2.43. The van der Waals surface area contributed by atoms with E-state index in [1.54, 1.807) is 53.6 Å². The summed E-state index contributed by atoms with van der Waals surface area (Å²) < 4.78 is 91.4. The Balaban J connectivity index is -0.0000000727. The van der Waals surface area contributed by atoms with Gasteiger partial charge < -0.3 is 108 Å². The number of hydrogen-bond donors (Lipinski definition) is 15. The molecule has 0 saturated carbocycles. The second kappa shape index (κ2) is 117. The highest BCUT2D eigenvalue weighted by Gasteiger charge is 2.33. The summed E-state index contributed by atoms with van der Waals surface area (Å²) in [6.45, 7) is 85.3. The molecule has 149 heavy (non-hydrogen) atoms. The van der Waals surface area contributed by atoms with Gasteiger partial charge in [0.25, 0.3) is 0 Å². The maximum absolute atomic E-state index is 12.0. The van der Waals surface area contributed by atoms with Crippen LogP contribution in [0.3, 0.4) is 0 Å². The summed E-state index contributed by atoms with van der Waals surface area (Å²) in [5, 5.41) is 0. The van der Waals surface area contributed by atoms with E-state index in [9.17, 15) is 51.1 Å². The van der Waals surface area contributed by atoms with Crippen LogP contribution in [-0.2, 0) is 70.1 Å². The van der Waals surface area contributed by atoms with E-state index in [1.807, 2.05) is 32.8 Å². The highest BCUT2D eigenvalue weighted by molar-refractivity contribution is 8.56. The van der Waals surface area contributed by atoms with Crippen molar-refractivity contribution in [1.29, 1.82) is 0 Å². The highest BCUT2D eigenvalue weighted by atomic mass is 32.7. The van der Waals surface area contributed by atoms with Gasteiger partial charge in [-0.05, 0) is 314 Å². The van der Waals surface area contributed by atoms with Crippen LogP contribution >= 0.6 is 127 Å². The van der Waals surface area contributed by atoms with Crippen LogP contribution in [0, 0.1) is 99.1 Å². The summed E-state index contributed by atoms with van der Waals surface area (Å²) in [7, 11) is 7.23. The fourth-order valence-corrected chi connectivity index (χ4v) is 13.2. The quantitative estimate of drug-likeness (QED) is 0.0101. The van der Waals surface area contributed by atoms with Crippen molar-refractivity contribution in [1.82, 2.24) is 19.6 Å². The van der Waals surface area contributed by atoms with Crippen molar-refractivity contribution < 1.29 is 139 Å². The molecule has 0 amide bonds. The van der Waals surface area contributed by atoms with Crippen LogP contribution in [0.15, 0.2) is 0 Å².